The van der Waals surface area contributed by atoms with Crippen molar-refractivity contribution in [2.75, 3.05) is 18.0 Å². The predicted octanol–water partition coefficient (Wildman–Crippen LogP) is 4.61. The lowest BCUT2D eigenvalue weighted by Gasteiger charge is -2.25. The van der Waals surface area contributed by atoms with Gasteiger partial charge in [0.15, 0.2) is 0 Å². The Bertz CT molecular complexity index is 312. The van der Waals surface area contributed by atoms with E-state index < -0.39 is 0 Å². The standard InChI is InChI=1S/C16H27N/c1-6-12-17(13-7-2)15-10-8-14(9-11-15)16(3,4)5/h8-11H,6-7,12-13H2,1-5H3. The summed E-state index contributed by atoms with van der Waals surface area (Å²) in [5.74, 6) is 0. The normalized spacial score (nSPS) is 11.6. The van der Waals surface area contributed by atoms with Gasteiger partial charge in [0.25, 0.3) is 0 Å². The molecular weight excluding hydrogens is 206 g/mol. The first-order valence-corrected chi connectivity index (χ1v) is 6.84. The maximum atomic E-state index is 2.48. The summed E-state index contributed by atoms with van der Waals surface area (Å²) in [4.78, 5) is 2.48. The molecule has 1 heteroatoms. The zero-order valence-corrected chi connectivity index (χ0v) is 12.1. The highest BCUT2D eigenvalue weighted by Crippen LogP contribution is 2.25. The average Bonchev–Trinajstić information content (AvgIpc) is 2.28. The number of hydrogen-bond donors (Lipinski definition) is 0. The Balaban J connectivity index is 2.84. The molecule has 0 spiro atoms. The molecule has 17 heavy (non-hydrogen) atoms. The smallest absolute Gasteiger partial charge is 0.0366 e. The summed E-state index contributed by atoms with van der Waals surface area (Å²) in [6.45, 7) is 13.6. The van der Waals surface area contributed by atoms with E-state index in [2.05, 4.69) is 63.8 Å². The topological polar surface area (TPSA) is 3.24 Å². The Morgan fingerprint density at radius 3 is 1.71 bits per heavy atom. The molecule has 0 atom stereocenters. The molecule has 0 unspecified atom stereocenters. The lowest BCUT2D eigenvalue weighted by molar-refractivity contribution is 0.590. The van der Waals surface area contributed by atoms with Gasteiger partial charge in [0.1, 0.15) is 0 Å². The molecule has 0 aliphatic rings. The summed E-state index contributed by atoms with van der Waals surface area (Å²) in [6, 6.07) is 9.08. The molecule has 0 aliphatic carbocycles. The fraction of sp³-hybridized carbons (Fsp3) is 0.625. The van der Waals surface area contributed by atoms with Crippen LogP contribution in [0.15, 0.2) is 24.3 Å². The van der Waals surface area contributed by atoms with Crippen LogP contribution in [0.25, 0.3) is 0 Å². The lowest BCUT2D eigenvalue weighted by atomic mass is 9.87. The summed E-state index contributed by atoms with van der Waals surface area (Å²) < 4.78 is 0. The Morgan fingerprint density at radius 1 is 0.882 bits per heavy atom. The van der Waals surface area contributed by atoms with Crippen molar-refractivity contribution in [3.8, 4) is 0 Å². The van der Waals surface area contributed by atoms with E-state index in [0.29, 0.717) is 0 Å². The molecule has 96 valence electrons. The van der Waals surface area contributed by atoms with Gasteiger partial charge in [-0.25, -0.2) is 0 Å². The molecule has 0 heterocycles. The van der Waals surface area contributed by atoms with Crippen LogP contribution in [0, 0.1) is 0 Å². The Labute approximate surface area is 107 Å². The van der Waals surface area contributed by atoms with Gasteiger partial charge in [0.05, 0.1) is 0 Å². The Kier molecular flexibility index (Phi) is 5.04. The minimum atomic E-state index is 0.249. The Morgan fingerprint density at radius 2 is 1.35 bits per heavy atom. The SMILES string of the molecule is CCCN(CCC)c1ccc(C(C)(C)C)cc1. The molecule has 1 aromatic rings. The zero-order chi connectivity index (χ0) is 12.9. The van der Waals surface area contributed by atoms with Crippen molar-refractivity contribution in [2.45, 2.75) is 52.9 Å². The molecule has 1 rings (SSSR count). The molecule has 0 amide bonds. The molecule has 1 nitrogen and oxygen atoms in total. The third kappa shape index (κ3) is 4.07. The molecular formula is C16H27N. The van der Waals surface area contributed by atoms with E-state index in [0.717, 1.165) is 13.1 Å². The molecule has 0 N–H and O–H groups in total. The maximum absolute atomic E-state index is 2.48. The monoisotopic (exact) mass is 233 g/mol. The van der Waals surface area contributed by atoms with Crippen molar-refractivity contribution in [3.63, 3.8) is 0 Å². The van der Waals surface area contributed by atoms with Crippen LogP contribution in [-0.4, -0.2) is 13.1 Å². The van der Waals surface area contributed by atoms with Gasteiger partial charge >= 0.3 is 0 Å². The molecule has 0 radical (unpaired) electrons. The van der Waals surface area contributed by atoms with Gasteiger partial charge < -0.3 is 4.90 Å². The summed E-state index contributed by atoms with van der Waals surface area (Å²) >= 11 is 0. The first-order chi connectivity index (χ1) is 7.99. The second kappa shape index (κ2) is 6.09. The van der Waals surface area contributed by atoms with Crippen LogP contribution in [0.3, 0.4) is 0 Å². The molecule has 0 saturated carbocycles. The van der Waals surface area contributed by atoms with Crippen LogP contribution in [0.5, 0.6) is 0 Å². The minimum absolute atomic E-state index is 0.249. The molecule has 0 fully saturated rings. The molecule has 1 aromatic carbocycles. The van der Waals surface area contributed by atoms with E-state index in [1.807, 2.05) is 0 Å². The second-order valence-corrected chi connectivity index (χ2v) is 5.78. The molecule has 0 bridgehead atoms. The van der Waals surface area contributed by atoms with Crippen LogP contribution in [0.2, 0.25) is 0 Å². The summed E-state index contributed by atoms with van der Waals surface area (Å²) in [7, 11) is 0. The number of anilines is 1. The van der Waals surface area contributed by atoms with Gasteiger partial charge in [-0.2, -0.15) is 0 Å². The van der Waals surface area contributed by atoms with Crippen molar-refractivity contribution < 1.29 is 0 Å². The fourth-order valence-corrected chi connectivity index (χ4v) is 2.08. The highest BCUT2D eigenvalue weighted by atomic mass is 15.1. The van der Waals surface area contributed by atoms with Gasteiger partial charge in [-0.05, 0) is 36.0 Å². The molecule has 0 aromatic heterocycles. The largest absolute Gasteiger partial charge is 0.372 e. The van der Waals surface area contributed by atoms with Gasteiger partial charge in [0.2, 0.25) is 0 Å². The van der Waals surface area contributed by atoms with E-state index in [-0.39, 0.29) is 5.41 Å². The number of benzene rings is 1. The highest BCUT2D eigenvalue weighted by molar-refractivity contribution is 5.48. The van der Waals surface area contributed by atoms with Crippen molar-refractivity contribution in [2.24, 2.45) is 0 Å². The number of nitrogens with zero attached hydrogens (tertiary/aromatic N) is 1. The van der Waals surface area contributed by atoms with E-state index in [1.165, 1.54) is 24.1 Å². The van der Waals surface area contributed by atoms with Gasteiger partial charge in [0, 0.05) is 18.8 Å². The van der Waals surface area contributed by atoms with Crippen molar-refractivity contribution in [3.05, 3.63) is 29.8 Å². The van der Waals surface area contributed by atoms with Crippen LogP contribution in [0.1, 0.15) is 53.0 Å². The van der Waals surface area contributed by atoms with Crippen molar-refractivity contribution >= 4 is 5.69 Å². The van der Waals surface area contributed by atoms with Crippen molar-refractivity contribution in [1.82, 2.24) is 0 Å². The zero-order valence-electron chi connectivity index (χ0n) is 12.1. The first kappa shape index (κ1) is 14.1. The van der Waals surface area contributed by atoms with Crippen LogP contribution in [0.4, 0.5) is 5.69 Å². The minimum Gasteiger partial charge on any atom is -0.372 e. The number of rotatable bonds is 5. The number of hydrogen-bond acceptors (Lipinski definition) is 1. The summed E-state index contributed by atoms with van der Waals surface area (Å²) in [5.41, 5.74) is 3.02. The third-order valence-corrected chi connectivity index (χ3v) is 3.09. The van der Waals surface area contributed by atoms with E-state index in [4.69, 9.17) is 0 Å². The average molecular weight is 233 g/mol. The maximum Gasteiger partial charge on any atom is 0.0366 e. The van der Waals surface area contributed by atoms with Gasteiger partial charge in [-0.3, -0.25) is 0 Å². The predicted molar refractivity (Wildman–Crippen MR) is 77.9 cm³/mol. The van der Waals surface area contributed by atoms with E-state index >= 15 is 0 Å². The fourth-order valence-electron chi connectivity index (χ4n) is 2.08. The van der Waals surface area contributed by atoms with Gasteiger partial charge in [-0.15, -0.1) is 0 Å². The quantitative estimate of drug-likeness (QED) is 0.718. The third-order valence-electron chi connectivity index (χ3n) is 3.09. The van der Waals surface area contributed by atoms with Crippen LogP contribution < -0.4 is 4.90 Å². The highest BCUT2D eigenvalue weighted by Gasteiger charge is 2.13. The first-order valence-electron chi connectivity index (χ1n) is 6.84. The van der Waals surface area contributed by atoms with Crippen molar-refractivity contribution in [1.29, 1.82) is 0 Å². The van der Waals surface area contributed by atoms with E-state index in [9.17, 15) is 0 Å². The van der Waals surface area contributed by atoms with Crippen LogP contribution >= 0.6 is 0 Å². The molecule has 0 aliphatic heterocycles. The second-order valence-electron chi connectivity index (χ2n) is 5.78. The lowest BCUT2D eigenvalue weighted by Crippen LogP contribution is -2.24. The summed E-state index contributed by atoms with van der Waals surface area (Å²) in [6.07, 6.45) is 2.42. The van der Waals surface area contributed by atoms with Gasteiger partial charge in [-0.1, -0.05) is 46.8 Å². The van der Waals surface area contributed by atoms with Crippen LogP contribution in [-0.2, 0) is 5.41 Å². The summed E-state index contributed by atoms with van der Waals surface area (Å²) in [5, 5.41) is 0. The van der Waals surface area contributed by atoms with E-state index in [1.54, 1.807) is 0 Å². The molecule has 0 saturated heterocycles. The Hall–Kier alpha value is -0.980.